The van der Waals surface area contributed by atoms with E-state index in [-0.39, 0.29) is 5.69 Å². The van der Waals surface area contributed by atoms with Crippen molar-refractivity contribution in [2.24, 2.45) is 0 Å². The van der Waals surface area contributed by atoms with E-state index in [1.165, 1.54) is 6.42 Å². The van der Waals surface area contributed by atoms with E-state index in [9.17, 15) is 4.79 Å². The highest BCUT2D eigenvalue weighted by atomic mass is 16.4. The zero-order chi connectivity index (χ0) is 12.0. The number of rotatable bonds is 1. The van der Waals surface area contributed by atoms with Crippen LogP contribution < -0.4 is 0 Å². The molecule has 0 aliphatic carbocycles. The summed E-state index contributed by atoms with van der Waals surface area (Å²) in [6, 6.07) is 0. The van der Waals surface area contributed by atoms with Gasteiger partial charge in [-0.3, -0.25) is 4.98 Å². The first kappa shape index (κ1) is 13.5. The minimum atomic E-state index is -1.02. The molecule has 0 unspecified atom stereocenters. The molecule has 0 aliphatic rings. The lowest BCUT2D eigenvalue weighted by molar-refractivity contribution is 0.0688. The molecule has 0 fully saturated rings. The van der Waals surface area contributed by atoms with E-state index >= 15 is 0 Å². The van der Waals surface area contributed by atoms with Crippen LogP contribution in [0.5, 0.6) is 0 Å². The van der Waals surface area contributed by atoms with Crippen LogP contribution in [-0.2, 0) is 0 Å². The average molecular weight is 210 g/mol. The molecular weight excluding hydrogens is 192 g/mol. The molecule has 4 nitrogen and oxygen atoms in total. The van der Waals surface area contributed by atoms with Crippen molar-refractivity contribution in [1.29, 1.82) is 0 Å². The van der Waals surface area contributed by atoms with Crippen molar-refractivity contribution in [3.8, 4) is 0 Å². The molecule has 0 bridgehead atoms. The van der Waals surface area contributed by atoms with Crippen LogP contribution in [0.4, 0.5) is 0 Å². The standard InChI is InChI=1S/C8H10N2O2.C3H8/c1-4-5(2)10-7(8(11)12)6(3)9-4;1-3-2/h1-3H3,(H,11,12);3H2,1-2H3. The van der Waals surface area contributed by atoms with Gasteiger partial charge in [0.05, 0.1) is 17.1 Å². The number of nitrogens with zero attached hydrogens (tertiary/aromatic N) is 2. The van der Waals surface area contributed by atoms with Gasteiger partial charge in [-0.2, -0.15) is 0 Å². The van der Waals surface area contributed by atoms with Gasteiger partial charge < -0.3 is 5.11 Å². The van der Waals surface area contributed by atoms with Crippen molar-refractivity contribution >= 4 is 5.97 Å². The molecule has 1 heterocycles. The smallest absolute Gasteiger partial charge is 0.356 e. The van der Waals surface area contributed by atoms with E-state index in [0.717, 1.165) is 5.69 Å². The van der Waals surface area contributed by atoms with Crippen molar-refractivity contribution in [2.45, 2.75) is 41.0 Å². The van der Waals surface area contributed by atoms with E-state index in [2.05, 4.69) is 23.8 Å². The largest absolute Gasteiger partial charge is 0.476 e. The summed E-state index contributed by atoms with van der Waals surface area (Å²) < 4.78 is 0. The summed E-state index contributed by atoms with van der Waals surface area (Å²) in [5, 5.41) is 8.68. The van der Waals surface area contributed by atoms with E-state index in [1.54, 1.807) is 20.8 Å². The molecule has 0 aliphatic heterocycles. The summed E-state index contributed by atoms with van der Waals surface area (Å²) >= 11 is 0. The molecule has 0 atom stereocenters. The molecule has 1 aromatic heterocycles. The number of hydrogen-bond acceptors (Lipinski definition) is 3. The highest BCUT2D eigenvalue weighted by molar-refractivity contribution is 5.86. The van der Waals surface area contributed by atoms with Crippen molar-refractivity contribution in [2.75, 3.05) is 0 Å². The second-order valence-corrected chi connectivity index (χ2v) is 3.34. The lowest BCUT2D eigenvalue weighted by atomic mass is 10.2. The van der Waals surface area contributed by atoms with Gasteiger partial charge in [0.15, 0.2) is 5.69 Å². The summed E-state index contributed by atoms with van der Waals surface area (Å²) in [6.07, 6.45) is 1.25. The Hall–Kier alpha value is -1.45. The number of aromatic nitrogens is 2. The minimum absolute atomic E-state index is 0.0399. The van der Waals surface area contributed by atoms with Crippen LogP contribution in [0.25, 0.3) is 0 Å². The Balaban J connectivity index is 0.000000583. The maximum absolute atomic E-state index is 10.6. The highest BCUT2D eigenvalue weighted by Crippen LogP contribution is 2.06. The maximum Gasteiger partial charge on any atom is 0.356 e. The van der Waals surface area contributed by atoms with Gasteiger partial charge in [0.25, 0.3) is 0 Å². The van der Waals surface area contributed by atoms with E-state index in [1.807, 2.05) is 0 Å². The molecule has 15 heavy (non-hydrogen) atoms. The van der Waals surface area contributed by atoms with E-state index in [0.29, 0.717) is 11.4 Å². The zero-order valence-corrected chi connectivity index (χ0v) is 9.96. The number of hydrogen-bond donors (Lipinski definition) is 1. The van der Waals surface area contributed by atoms with Gasteiger partial charge >= 0.3 is 5.97 Å². The SMILES string of the molecule is CCC.Cc1nc(C)c(C(=O)O)nc1C. The fraction of sp³-hybridized carbons (Fsp3) is 0.545. The minimum Gasteiger partial charge on any atom is -0.476 e. The van der Waals surface area contributed by atoms with Gasteiger partial charge in [-0.05, 0) is 20.8 Å². The summed E-state index contributed by atoms with van der Waals surface area (Å²) in [5.41, 5.74) is 1.94. The second kappa shape index (κ2) is 6.11. The molecule has 0 radical (unpaired) electrons. The van der Waals surface area contributed by atoms with Gasteiger partial charge in [-0.1, -0.05) is 20.3 Å². The molecule has 0 aromatic carbocycles. The Kier molecular flexibility index (Phi) is 5.52. The third-order valence-electron chi connectivity index (χ3n) is 1.68. The number of carboxylic acid groups (broad SMARTS) is 1. The molecule has 0 amide bonds. The predicted molar refractivity (Wildman–Crippen MR) is 59.2 cm³/mol. The number of carboxylic acids is 1. The number of aryl methyl sites for hydroxylation is 3. The zero-order valence-electron chi connectivity index (χ0n) is 9.96. The first-order valence-electron chi connectivity index (χ1n) is 4.99. The third kappa shape index (κ3) is 4.06. The molecule has 0 spiro atoms. The molecule has 0 saturated carbocycles. The Labute approximate surface area is 90.4 Å². The monoisotopic (exact) mass is 210 g/mol. The number of carbonyl (C=O) groups is 1. The highest BCUT2D eigenvalue weighted by Gasteiger charge is 2.11. The first-order valence-corrected chi connectivity index (χ1v) is 4.99. The summed E-state index contributed by atoms with van der Waals surface area (Å²) in [6.45, 7) is 9.44. The fourth-order valence-electron chi connectivity index (χ4n) is 0.917. The predicted octanol–water partition coefficient (Wildman–Crippen LogP) is 2.52. The van der Waals surface area contributed by atoms with Crippen molar-refractivity contribution in [3.05, 3.63) is 22.8 Å². The first-order chi connectivity index (χ1) is 6.93. The maximum atomic E-state index is 10.6. The lowest BCUT2D eigenvalue weighted by Gasteiger charge is -2.02. The second-order valence-electron chi connectivity index (χ2n) is 3.34. The van der Waals surface area contributed by atoms with Crippen LogP contribution in [-0.4, -0.2) is 21.0 Å². The molecule has 0 saturated heterocycles. The van der Waals surface area contributed by atoms with Crippen LogP contribution in [0.15, 0.2) is 0 Å². The van der Waals surface area contributed by atoms with Crippen molar-refractivity contribution in [1.82, 2.24) is 9.97 Å². The van der Waals surface area contributed by atoms with E-state index in [4.69, 9.17) is 5.11 Å². The lowest BCUT2D eigenvalue weighted by Crippen LogP contribution is -2.08. The topological polar surface area (TPSA) is 63.1 Å². The fourth-order valence-corrected chi connectivity index (χ4v) is 0.917. The van der Waals surface area contributed by atoms with Gasteiger partial charge in [0, 0.05) is 0 Å². The molecule has 4 heteroatoms. The molecule has 1 rings (SSSR count). The van der Waals surface area contributed by atoms with Crippen molar-refractivity contribution in [3.63, 3.8) is 0 Å². The van der Waals surface area contributed by atoms with Gasteiger partial charge in [0.2, 0.25) is 0 Å². The van der Waals surface area contributed by atoms with Gasteiger partial charge in [0.1, 0.15) is 0 Å². The van der Waals surface area contributed by atoms with Gasteiger partial charge in [-0.25, -0.2) is 9.78 Å². The van der Waals surface area contributed by atoms with Crippen LogP contribution in [0.2, 0.25) is 0 Å². The van der Waals surface area contributed by atoms with Crippen LogP contribution in [0.3, 0.4) is 0 Å². The third-order valence-corrected chi connectivity index (χ3v) is 1.68. The average Bonchev–Trinajstić information content (AvgIpc) is 2.12. The Morgan fingerprint density at radius 2 is 1.47 bits per heavy atom. The molecule has 1 aromatic rings. The van der Waals surface area contributed by atoms with Crippen molar-refractivity contribution < 1.29 is 9.90 Å². The molecule has 1 N–H and O–H groups in total. The Morgan fingerprint density at radius 3 is 1.87 bits per heavy atom. The summed E-state index contributed by atoms with van der Waals surface area (Å²) in [4.78, 5) is 18.5. The van der Waals surface area contributed by atoms with Crippen LogP contribution in [0.1, 0.15) is 47.8 Å². The summed E-state index contributed by atoms with van der Waals surface area (Å²) in [5.74, 6) is -1.02. The summed E-state index contributed by atoms with van der Waals surface area (Å²) in [7, 11) is 0. The normalized spacial score (nSPS) is 9.13. The molecular formula is C11H18N2O2. The number of aromatic carboxylic acids is 1. The Bertz CT molecular complexity index is 349. The van der Waals surface area contributed by atoms with Crippen LogP contribution in [0, 0.1) is 20.8 Å². The molecule has 84 valence electrons. The Morgan fingerprint density at radius 1 is 1.07 bits per heavy atom. The van der Waals surface area contributed by atoms with Crippen LogP contribution >= 0.6 is 0 Å². The van der Waals surface area contributed by atoms with Gasteiger partial charge in [-0.15, -0.1) is 0 Å². The van der Waals surface area contributed by atoms with E-state index < -0.39 is 5.97 Å². The quantitative estimate of drug-likeness (QED) is 0.773.